The van der Waals surface area contributed by atoms with E-state index in [0.29, 0.717) is 0 Å². The molecule has 3 N–H and O–H groups in total. The zero-order chi connectivity index (χ0) is 11.4. The van der Waals surface area contributed by atoms with Gasteiger partial charge in [0.2, 0.25) is 0 Å². The molecule has 0 unspecified atom stereocenters. The molecule has 82 valence electrons. The van der Waals surface area contributed by atoms with Crippen LogP contribution in [0.3, 0.4) is 0 Å². The molecule has 1 aromatic rings. The third-order valence-corrected chi connectivity index (χ3v) is 2.63. The summed E-state index contributed by atoms with van der Waals surface area (Å²) in [5, 5.41) is 7.35. The molecule has 3 heteroatoms. The van der Waals surface area contributed by atoms with E-state index in [2.05, 4.69) is 31.9 Å². The minimum Gasteiger partial charge on any atom is -0.384 e. The number of nitrogens with one attached hydrogen (secondary N) is 1. The van der Waals surface area contributed by atoms with Gasteiger partial charge < -0.3 is 10.6 Å². The second-order valence-corrected chi connectivity index (χ2v) is 3.89. The van der Waals surface area contributed by atoms with Crippen molar-refractivity contribution in [3.05, 3.63) is 34.9 Å². The Morgan fingerprint density at radius 2 is 2.13 bits per heavy atom. The number of nitrogens with two attached hydrogens (primary N) is 1. The number of rotatable bonds is 4. The maximum atomic E-state index is 7.35. The van der Waals surface area contributed by atoms with Gasteiger partial charge in [-0.15, -0.1) is 0 Å². The monoisotopic (exact) mass is 205 g/mol. The normalized spacial score (nSPS) is 10.7. The average Bonchev–Trinajstić information content (AvgIpc) is 2.20. The summed E-state index contributed by atoms with van der Waals surface area (Å²) in [5.74, 6) is 0.133. The number of nitrogens with zero attached hydrogens (tertiary/aromatic N) is 1. The van der Waals surface area contributed by atoms with E-state index in [-0.39, 0.29) is 5.84 Å². The van der Waals surface area contributed by atoms with E-state index in [1.165, 1.54) is 11.1 Å². The van der Waals surface area contributed by atoms with E-state index in [0.717, 1.165) is 18.7 Å². The van der Waals surface area contributed by atoms with Gasteiger partial charge in [0.15, 0.2) is 0 Å². The first-order valence-electron chi connectivity index (χ1n) is 5.17. The maximum absolute atomic E-state index is 7.35. The van der Waals surface area contributed by atoms with Crippen LogP contribution in [0.4, 0.5) is 0 Å². The SMILES string of the molecule is CCN(C)Cc1ccc(C(=N)N)cc1C. The van der Waals surface area contributed by atoms with Crippen molar-refractivity contribution in [2.45, 2.75) is 20.4 Å². The highest BCUT2D eigenvalue weighted by Gasteiger charge is 2.03. The highest BCUT2D eigenvalue weighted by molar-refractivity contribution is 5.95. The molecule has 0 aromatic heterocycles. The molecule has 0 saturated carbocycles. The Bertz CT molecular complexity index is 358. The first-order chi connectivity index (χ1) is 7.04. The molecule has 3 nitrogen and oxygen atoms in total. The van der Waals surface area contributed by atoms with Crippen molar-refractivity contribution >= 4 is 5.84 Å². The van der Waals surface area contributed by atoms with Gasteiger partial charge in [-0.25, -0.2) is 0 Å². The minimum absolute atomic E-state index is 0.133. The van der Waals surface area contributed by atoms with Crippen molar-refractivity contribution in [3.63, 3.8) is 0 Å². The summed E-state index contributed by atoms with van der Waals surface area (Å²) >= 11 is 0. The molecule has 1 aromatic carbocycles. The number of hydrogen-bond donors (Lipinski definition) is 2. The van der Waals surface area contributed by atoms with Crippen molar-refractivity contribution in [1.29, 1.82) is 5.41 Å². The molecule has 0 bridgehead atoms. The summed E-state index contributed by atoms with van der Waals surface area (Å²) in [6.07, 6.45) is 0. The summed E-state index contributed by atoms with van der Waals surface area (Å²) in [7, 11) is 2.10. The largest absolute Gasteiger partial charge is 0.384 e. The van der Waals surface area contributed by atoms with E-state index in [9.17, 15) is 0 Å². The minimum atomic E-state index is 0.133. The van der Waals surface area contributed by atoms with Gasteiger partial charge in [0.05, 0.1) is 0 Å². The number of hydrogen-bond acceptors (Lipinski definition) is 2. The van der Waals surface area contributed by atoms with Crippen molar-refractivity contribution in [2.24, 2.45) is 5.73 Å². The molecular formula is C12H19N3. The highest BCUT2D eigenvalue weighted by atomic mass is 15.1. The molecule has 0 aliphatic heterocycles. The Labute approximate surface area is 91.4 Å². The van der Waals surface area contributed by atoms with E-state index in [4.69, 9.17) is 11.1 Å². The van der Waals surface area contributed by atoms with Gasteiger partial charge in [-0.05, 0) is 37.7 Å². The van der Waals surface area contributed by atoms with Crippen LogP contribution in [0.25, 0.3) is 0 Å². The van der Waals surface area contributed by atoms with Gasteiger partial charge in [0.25, 0.3) is 0 Å². The van der Waals surface area contributed by atoms with Gasteiger partial charge in [0, 0.05) is 12.1 Å². The van der Waals surface area contributed by atoms with Crippen LogP contribution in [0.15, 0.2) is 18.2 Å². The topological polar surface area (TPSA) is 53.1 Å². The molecule has 0 aliphatic carbocycles. The predicted molar refractivity (Wildman–Crippen MR) is 64.2 cm³/mol. The summed E-state index contributed by atoms with van der Waals surface area (Å²) in [4.78, 5) is 2.25. The summed E-state index contributed by atoms with van der Waals surface area (Å²) < 4.78 is 0. The molecule has 0 heterocycles. The quantitative estimate of drug-likeness (QED) is 0.581. The zero-order valence-electron chi connectivity index (χ0n) is 9.67. The lowest BCUT2D eigenvalue weighted by Crippen LogP contribution is -2.18. The van der Waals surface area contributed by atoms with Crippen LogP contribution < -0.4 is 5.73 Å². The molecule has 0 fully saturated rings. The van der Waals surface area contributed by atoms with Crippen molar-refractivity contribution in [1.82, 2.24) is 4.90 Å². The number of nitrogen functional groups attached to an aromatic ring is 1. The van der Waals surface area contributed by atoms with Gasteiger partial charge in [0.1, 0.15) is 5.84 Å². The number of aryl methyl sites for hydroxylation is 1. The van der Waals surface area contributed by atoms with Crippen molar-refractivity contribution < 1.29 is 0 Å². The van der Waals surface area contributed by atoms with Gasteiger partial charge >= 0.3 is 0 Å². The fourth-order valence-electron chi connectivity index (χ4n) is 1.44. The van der Waals surface area contributed by atoms with Crippen LogP contribution in [0.2, 0.25) is 0 Å². The van der Waals surface area contributed by atoms with E-state index in [1.54, 1.807) is 0 Å². The van der Waals surface area contributed by atoms with Gasteiger partial charge in [-0.2, -0.15) is 0 Å². The lowest BCUT2D eigenvalue weighted by molar-refractivity contribution is 0.345. The van der Waals surface area contributed by atoms with E-state index >= 15 is 0 Å². The van der Waals surface area contributed by atoms with E-state index in [1.807, 2.05) is 12.1 Å². The third kappa shape index (κ3) is 3.06. The van der Waals surface area contributed by atoms with Crippen LogP contribution in [0.1, 0.15) is 23.6 Å². The summed E-state index contributed by atoms with van der Waals surface area (Å²) in [5.41, 5.74) is 8.73. The Morgan fingerprint density at radius 1 is 1.47 bits per heavy atom. The van der Waals surface area contributed by atoms with Crippen molar-refractivity contribution in [3.8, 4) is 0 Å². The summed E-state index contributed by atoms with van der Waals surface area (Å²) in [6, 6.07) is 5.94. The molecule has 0 aliphatic rings. The molecule has 0 atom stereocenters. The van der Waals surface area contributed by atoms with Gasteiger partial charge in [-0.3, -0.25) is 5.41 Å². The number of amidine groups is 1. The summed E-state index contributed by atoms with van der Waals surface area (Å²) in [6.45, 7) is 6.18. The Kier molecular flexibility index (Phi) is 3.86. The van der Waals surface area contributed by atoms with Crippen LogP contribution >= 0.6 is 0 Å². The van der Waals surface area contributed by atoms with E-state index < -0.39 is 0 Å². The predicted octanol–water partition coefficient (Wildman–Crippen LogP) is 1.73. The second kappa shape index (κ2) is 4.94. The molecular weight excluding hydrogens is 186 g/mol. The molecule has 0 saturated heterocycles. The lowest BCUT2D eigenvalue weighted by Gasteiger charge is -2.16. The average molecular weight is 205 g/mol. The first-order valence-corrected chi connectivity index (χ1v) is 5.17. The fourth-order valence-corrected chi connectivity index (χ4v) is 1.44. The molecule has 15 heavy (non-hydrogen) atoms. The van der Waals surface area contributed by atoms with Crippen LogP contribution in [-0.4, -0.2) is 24.3 Å². The molecule has 0 amide bonds. The zero-order valence-corrected chi connectivity index (χ0v) is 9.67. The standard InChI is InChI=1S/C12H19N3/c1-4-15(3)8-11-6-5-10(12(13)14)7-9(11)2/h5-7H,4,8H2,1-3H3,(H3,13,14). The number of benzene rings is 1. The second-order valence-electron chi connectivity index (χ2n) is 3.89. The fraction of sp³-hybridized carbons (Fsp3) is 0.417. The van der Waals surface area contributed by atoms with Crippen molar-refractivity contribution in [2.75, 3.05) is 13.6 Å². The highest BCUT2D eigenvalue weighted by Crippen LogP contribution is 2.12. The molecule has 0 radical (unpaired) electrons. The van der Waals surface area contributed by atoms with Crippen LogP contribution in [-0.2, 0) is 6.54 Å². The Morgan fingerprint density at radius 3 is 2.60 bits per heavy atom. The van der Waals surface area contributed by atoms with Crippen LogP contribution in [0, 0.1) is 12.3 Å². The molecule has 0 spiro atoms. The third-order valence-electron chi connectivity index (χ3n) is 2.63. The van der Waals surface area contributed by atoms with Gasteiger partial charge in [-0.1, -0.05) is 19.1 Å². The maximum Gasteiger partial charge on any atom is 0.122 e. The first kappa shape index (κ1) is 11.7. The molecule has 1 rings (SSSR count). The smallest absolute Gasteiger partial charge is 0.122 e. The Balaban J connectivity index is 2.88. The van der Waals surface area contributed by atoms with Crippen LogP contribution in [0.5, 0.6) is 0 Å². The Hall–Kier alpha value is -1.35. The lowest BCUT2D eigenvalue weighted by atomic mass is 10.0.